The van der Waals surface area contributed by atoms with Crippen molar-refractivity contribution in [2.45, 2.75) is 19.8 Å². The lowest BCUT2D eigenvalue weighted by Crippen LogP contribution is -1.92. The van der Waals surface area contributed by atoms with Gasteiger partial charge in [-0.25, -0.2) is 4.98 Å². The molecule has 0 N–H and O–H groups in total. The summed E-state index contributed by atoms with van der Waals surface area (Å²) in [5, 5.41) is 10.7. The number of nitrogens with zero attached hydrogens (tertiary/aromatic N) is 2. The van der Waals surface area contributed by atoms with Crippen molar-refractivity contribution in [3.05, 3.63) is 39.5 Å². The monoisotopic (exact) mass is 264 g/mol. The van der Waals surface area contributed by atoms with Gasteiger partial charge in [0.05, 0.1) is 11.6 Å². The zero-order chi connectivity index (χ0) is 12.4. The summed E-state index contributed by atoms with van der Waals surface area (Å²) in [4.78, 5) is 4.36. The first-order valence-electron chi connectivity index (χ1n) is 5.24. The first-order chi connectivity index (χ1) is 8.13. The molecule has 0 spiro atoms. The maximum Gasteiger partial charge on any atom is 0.133 e. The van der Waals surface area contributed by atoms with E-state index in [-0.39, 0.29) is 0 Å². The number of halogens is 2. The number of hydrogen-bond donors (Lipinski definition) is 0. The first kappa shape index (κ1) is 12.2. The number of benzene rings is 1. The van der Waals surface area contributed by atoms with Crippen LogP contribution >= 0.6 is 23.2 Å². The third-order valence-corrected chi connectivity index (χ3v) is 3.44. The van der Waals surface area contributed by atoms with E-state index in [2.05, 4.69) is 11.1 Å². The van der Waals surface area contributed by atoms with Crippen molar-refractivity contribution in [3.63, 3.8) is 0 Å². The molecule has 4 heteroatoms. The SMILES string of the molecule is Cc1c(Cl)ccc2cc(CCC#N)c(Cl)nc12. The van der Waals surface area contributed by atoms with E-state index in [1.165, 1.54) is 0 Å². The molecule has 86 valence electrons. The van der Waals surface area contributed by atoms with E-state index < -0.39 is 0 Å². The van der Waals surface area contributed by atoms with Crippen molar-refractivity contribution in [3.8, 4) is 6.07 Å². The first-order valence-corrected chi connectivity index (χ1v) is 6.00. The minimum absolute atomic E-state index is 0.444. The van der Waals surface area contributed by atoms with Crippen LogP contribution in [0.15, 0.2) is 18.2 Å². The third-order valence-electron chi connectivity index (χ3n) is 2.71. The summed E-state index contributed by atoms with van der Waals surface area (Å²) in [6, 6.07) is 7.85. The number of fused-ring (bicyclic) bond motifs is 1. The summed E-state index contributed by atoms with van der Waals surface area (Å²) in [7, 11) is 0. The zero-order valence-corrected chi connectivity index (χ0v) is 10.8. The van der Waals surface area contributed by atoms with Crippen LogP contribution in [0.5, 0.6) is 0 Å². The minimum atomic E-state index is 0.444. The maximum atomic E-state index is 8.58. The summed E-state index contributed by atoms with van der Waals surface area (Å²) in [5.41, 5.74) is 2.66. The van der Waals surface area contributed by atoms with E-state index >= 15 is 0 Å². The molecule has 1 aromatic carbocycles. The summed E-state index contributed by atoms with van der Waals surface area (Å²) in [5.74, 6) is 0. The van der Waals surface area contributed by atoms with E-state index in [9.17, 15) is 0 Å². The van der Waals surface area contributed by atoms with Gasteiger partial charge < -0.3 is 0 Å². The lowest BCUT2D eigenvalue weighted by atomic mass is 10.1. The highest BCUT2D eigenvalue weighted by atomic mass is 35.5. The average Bonchev–Trinajstić information content (AvgIpc) is 2.32. The fraction of sp³-hybridized carbons (Fsp3) is 0.231. The molecular formula is C13H10Cl2N2. The summed E-state index contributed by atoms with van der Waals surface area (Å²) in [6.45, 7) is 1.92. The van der Waals surface area contributed by atoms with Gasteiger partial charge in [-0.1, -0.05) is 29.3 Å². The Morgan fingerprint density at radius 3 is 2.82 bits per heavy atom. The molecule has 1 aromatic heterocycles. The molecule has 0 bridgehead atoms. The predicted molar refractivity (Wildman–Crippen MR) is 70.4 cm³/mol. The van der Waals surface area contributed by atoms with Crippen LogP contribution in [0.4, 0.5) is 0 Å². The normalized spacial score (nSPS) is 10.5. The molecule has 0 atom stereocenters. The topological polar surface area (TPSA) is 36.7 Å². The average molecular weight is 265 g/mol. The van der Waals surface area contributed by atoms with E-state index in [0.717, 1.165) is 22.0 Å². The van der Waals surface area contributed by atoms with E-state index in [0.29, 0.717) is 23.0 Å². The van der Waals surface area contributed by atoms with Gasteiger partial charge in [-0.15, -0.1) is 0 Å². The maximum absolute atomic E-state index is 8.58. The molecule has 0 unspecified atom stereocenters. The van der Waals surface area contributed by atoms with Crippen LogP contribution in [0.2, 0.25) is 10.2 Å². The van der Waals surface area contributed by atoms with Crippen molar-refractivity contribution >= 4 is 34.1 Å². The fourth-order valence-corrected chi connectivity index (χ4v) is 2.13. The van der Waals surface area contributed by atoms with Crippen LogP contribution in [0, 0.1) is 18.3 Å². The van der Waals surface area contributed by atoms with Gasteiger partial charge in [0.1, 0.15) is 5.15 Å². The molecule has 2 aromatic rings. The van der Waals surface area contributed by atoms with Crippen molar-refractivity contribution in [2.24, 2.45) is 0 Å². The van der Waals surface area contributed by atoms with Crippen LogP contribution in [0.25, 0.3) is 10.9 Å². The minimum Gasteiger partial charge on any atom is -0.235 e. The molecule has 0 amide bonds. The molecule has 0 saturated heterocycles. The van der Waals surface area contributed by atoms with Crippen LogP contribution in [-0.2, 0) is 6.42 Å². The molecule has 0 aliphatic rings. The number of nitriles is 1. The van der Waals surface area contributed by atoms with Gasteiger partial charge in [0, 0.05) is 16.8 Å². The molecule has 0 aliphatic heterocycles. The second kappa shape index (κ2) is 4.91. The van der Waals surface area contributed by atoms with E-state index in [1.807, 2.05) is 25.1 Å². The summed E-state index contributed by atoms with van der Waals surface area (Å²) < 4.78 is 0. The van der Waals surface area contributed by atoms with Gasteiger partial charge in [0.15, 0.2) is 0 Å². The highest BCUT2D eigenvalue weighted by Gasteiger charge is 2.08. The highest BCUT2D eigenvalue weighted by Crippen LogP contribution is 2.27. The van der Waals surface area contributed by atoms with E-state index in [1.54, 1.807) is 0 Å². The van der Waals surface area contributed by atoms with Gasteiger partial charge in [-0.3, -0.25) is 0 Å². The Hall–Kier alpha value is -1.30. The van der Waals surface area contributed by atoms with Crippen molar-refractivity contribution in [1.82, 2.24) is 4.98 Å². The number of aryl methyl sites for hydroxylation is 2. The molecule has 2 rings (SSSR count). The third kappa shape index (κ3) is 2.36. The molecule has 17 heavy (non-hydrogen) atoms. The Labute approximate surface area is 110 Å². The van der Waals surface area contributed by atoms with Gasteiger partial charge in [-0.2, -0.15) is 5.26 Å². The molecule has 0 fully saturated rings. The molecule has 0 radical (unpaired) electrons. The quantitative estimate of drug-likeness (QED) is 0.759. The van der Waals surface area contributed by atoms with Gasteiger partial charge in [-0.05, 0) is 36.6 Å². The highest BCUT2D eigenvalue weighted by molar-refractivity contribution is 6.32. The van der Waals surface area contributed by atoms with Crippen molar-refractivity contribution in [2.75, 3.05) is 0 Å². The Morgan fingerprint density at radius 1 is 1.35 bits per heavy atom. The molecular weight excluding hydrogens is 255 g/mol. The number of hydrogen-bond acceptors (Lipinski definition) is 2. The standard InChI is InChI=1S/C13H10Cl2N2/c1-8-11(14)5-4-9-7-10(3-2-6-16)13(15)17-12(8)9/h4-5,7H,2-3H2,1H3. The van der Waals surface area contributed by atoms with Crippen LogP contribution < -0.4 is 0 Å². The Balaban J connectivity index is 2.59. The van der Waals surface area contributed by atoms with Crippen LogP contribution in [-0.4, -0.2) is 4.98 Å². The smallest absolute Gasteiger partial charge is 0.133 e. The van der Waals surface area contributed by atoms with Crippen molar-refractivity contribution < 1.29 is 0 Å². The van der Waals surface area contributed by atoms with Gasteiger partial charge >= 0.3 is 0 Å². The lowest BCUT2D eigenvalue weighted by Gasteiger charge is -2.07. The predicted octanol–water partition coefficient (Wildman–Crippen LogP) is 4.31. The molecule has 0 saturated carbocycles. The number of rotatable bonds is 2. The largest absolute Gasteiger partial charge is 0.235 e. The molecule has 1 heterocycles. The van der Waals surface area contributed by atoms with Gasteiger partial charge in [0.2, 0.25) is 0 Å². The Bertz CT molecular complexity index is 615. The molecule has 2 nitrogen and oxygen atoms in total. The van der Waals surface area contributed by atoms with E-state index in [4.69, 9.17) is 28.5 Å². The summed E-state index contributed by atoms with van der Waals surface area (Å²) in [6.07, 6.45) is 1.07. The van der Waals surface area contributed by atoms with Crippen LogP contribution in [0.1, 0.15) is 17.5 Å². The van der Waals surface area contributed by atoms with Crippen molar-refractivity contribution in [1.29, 1.82) is 5.26 Å². The fourth-order valence-electron chi connectivity index (χ4n) is 1.74. The number of aromatic nitrogens is 1. The van der Waals surface area contributed by atoms with Gasteiger partial charge in [0.25, 0.3) is 0 Å². The Kier molecular flexibility index (Phi) is 3.51. The Morgan fingerprint density at radius 2 is 2.12 bits per heavy atom. The second-order valence-corrected chi connectivity index (χ2v) is 4.61. The molecule has 0 aliphatic carbocycles. The lowest BCUT2D eigenvalue weighted by molar-refractivity contribution is 1.00. The summed E-state index contributed by atoms with van der Waals surface area (Å²) >= 11 is 12.1. The van der Waals surface area contributed by atoms with Crippen LogP contribution in [0.3, 0.4) is 0 Å². The number of pyridine rings is 1. The second-order valence-electron chi connectivity index (χ2n) is 3.84. The zero-order valence-electron chi connectivity index (χ0n) is 9.30.